The van der Waals surface area contributed by atoms with Gasteiger partial charge in [0.1, 0.15) is 0 Å². The second-order valence-electron chi connectivity index (χ2n) is 5.24. The minimum atomic E-state index is -3.42. The average molecular weight is 298 g/mol. The maximum absolute atomic E-state index is 12.2. The van der Waals surface area contributed by atoms with Crippen LogP contribution in [0.3, 0.4) is 0 Å². The Morgan fingerprint density at radius 3 is 2.15 bits per heavy atom. The summed E-state index contributed by atoms with van der Waals surface area (Å²) in [7, 11) is -3.42. The molecular weight excluding hydrogens is 272 g/mol. The van der Waals surface area contributed by atoms with Crippen molar-refractivity contribution >= 4 is 10.0 Å². The minimum Gasteiger partial charge on any atom is -0.313 e. The molecule has 0 aromatic heterocycles. The Labute approximate surface area is 123 Å². The normalized spacial score (nSPS) is 13.7. The molecule has 0 bridgehead atoms. The van der Waals surface area contributed by atoms with Crippen molar-refractivity contribution in [1.29, 1.82) is 0 Å². The summed E-state index contributed by atoms with van der Waals surface area (Å²) in [4.78, 5) is 0.327. The van der Waals surface area contributed by atoms with Gasteiger partial charge in [0.25, 0.3) is 0 Å². The molecule has 1 aromatic carbocycles. The highest BCUT2D eigenvalue weighted by atomic mass is 32.2. The van der Waals surface area contributed by atoms with Gasteiger partial charge in [0, 0.05) is 12.6 Å². The highest BCUT2D eigenvalue weighted by Gasteiger charge is 2.16. The van der Waals surface area contributed by atoms with Gasteiger partial charge in [-0.25, -0.2) is 13.1 Å². The van der Waals surface area contributed by atoms with Gasteiger partial charge < -0.3 is 5.32 Å². The van der Waals surface area contributed by atoms with Gasteiger partial charge in [0.2, 0.25) is 10.0 Å². The summed E-state index contributed by atoms with van der Waals surface area (Å²) in [6.45, 7) is 9.48. The Kier molecular flexibility index (Phi) is 6.65. The van der Waals surface area contributed by atoms with Gasteiger partial charge in [0.15, 0.2) is 0 Å². The molecule has 0 aliphatic rings. The van der Waals surface area contributed by atoms with Crippen LogP contribution in [0.5, 0.6) is 0 Å². The molecule has 1 atom stereocenters. The molecule has 0 spiro atoms. The van der Waals surface area contributed by atoms with Crippen LogP contribution in [0, 0.1) is 0 Å². The second kappa shape index (κ2) is 7.76. The molecule has 2 N–H and O–H groups in total. The Hall–Kier alpha value is -0.910. The van der Waals surface area contributed by atoms with Crippen LogP contribution in [-0.2, 0) is 10.0 Å². The lowest BCUT2D eigenvalue weighted by Crippen LogP contribution is -2.40. The van der Waals surface area contributed by atoms with Crippen LogP contribution in [0.4, 0.5) is 0 Å². The molecule has 1 aromatic rings. The van der Waals surface area contributed by atoms with Gasteiger partial charge in [-0.05, 0) is 36.6 Å². The van der Waals surface area contributed by atoms with Crippen molar-refractivity contribution in [3.8, 4) is 0 Å². The SMILES string of the molecule is CCNC(CC)CNS(=O)(=O)c1ccc(C(C)C)cc1. The number of nitrogens with one attached hydrogen (secondary N) is 2. The van der Waals surface area contributed by atoms with Crippen molar-refractivity contribution in [2.75, 3.05) is 13.1 Å². The second-order valence-corrected chi connectivity index (χ2v) is 7.01. The lowest BCUT2D eigenvalue weighted by atomic mass is 10.0. The molecule has 0 fully saturated rings. The van der Waals surface area contributed by atoms with E-state index in [0.717, 1.165) is 18.5 Å². The summed E-state index contributed by atoms with van der Waals surface area (Å²) in [5.41, 5.74) is 1.14. The largest absolute Gasteiger partial charge is 0.313 e. The monoisotopic (exact) mass is 298 g/mol. The molecule has 1 unspecified atom stereocenters. The van der Waals surface area contributed by atoms with Crippen molar-refractivity contribution in [2.24, 2.45) is 0 Å². The van der Waals surface area contributed by atoms with Crippen LogP contribution in [0.2, 0.25) is 0 Å². The van der Waals surface area contributed by atoms with E-state index in [1.54, 1.807) is 12.1 Å². The summed E-state index contributed by atoms with van der Waals surface area (Å²) < 4.78 is 27.1. The van der Waals surface area contributed by atoms with E-state index in [1.165, 1.54) is 0 Å². The molecule has 5 heteroatoms. The molecule has 114 valence electrons. The number of rotatable bonds is 8. The highest BCUT2D eigenvalue weighted by Crippen LogP contribution is 2.17. The van der Waals surface area contributed by atoms with Crippen LogP contribution in [0.25, 0.3) is 0 Å². The average Bonchev–Trinajstić information content (AvgIpc) is 2.43. The smallest absolute Gasteiger partial charge is 0.240 e. The van der Waals surface area contributed by atoms with E-state index in [2.05, 4.69) is 23.9 Å². The van der Waals surface area contributed by atoms with Crippen LogP contribution in [0.15, 0.2) is 29.2 Å². The van der Waals surface area contributed by atoms with Crippen molar-refractivity contribution in [1.82, 2.24) is 10.0 Å². The maximum atomic E-state index is 12.2. The molecule has 0 saturated carbocycles. The molecule has 0 saturated heterocycles. The van der Waals surface area contributed by atoms with E-state index in [1.807, 2.05) is 26.0 Å². The molecule has 0 aliphatic carbocycles. The predicted octanol–water partition coefficient (Wildman–Crippen LogP) is 2.48. The van der Waals surface area contributed by atoms with Gasteiger partial charge in [-0.2, -0.15) is 0 Å². The summed E-state index contributed by atoms with van der Waals surface area (Å²) in [5.74, 6) is 0.401. The number of benzene rings is 1. The first-order valence-corrected chi connectivity index (χ1v) is 8.72. The molecule has 0 aliphatic heterocycles. The molecular formula is C15H26N2O2S. The standard InChI is InChI=1S/C15H26N2O2S/c1-5-14(16-6-2)11-17-20(18,19)15-9-7-13(8-10-15)12(3)4/h7-10,12,14,16-17H,5-6,11H2,1-4H3. The molecule has 20 heavy (non-hydrogen) atoms. The van der Waals surface area contributed by atoms with Crippen LogP contribution < -0.4 is 10.0 Å². The number of likely N-dealkylation sites (N-methyl/N-ethyl adjacent to an activating group) is 1. The molecule has 0 heterocycles. The predicted molar refractivity (Wildman–Crippen MR) is 83.5 cm³/mol. The van der Waals surface area contributed by atoms with E-state index >= 15 is 0 Å². The van der Waals surface area contributed by atoms with Gasteiger partial charge in [-0.3, -0.25) is 0 Å². The number of hydrogen-bond donors (Lipinski definition) is 2. The van der Waals surface area contributed by atoms with E-state index in [-0.39, 0.29) is 6.04 Å². The topological polar surface area (TPSA) is 58.2 Å². The summed E-state index contributed by atoms with van der Waals surface area (Å²) in [6.07, 6.45) is 0.892. The van der Waals surface area contributed by atoms with Gasteiger partial charge in [-0.1, -0.05) is 39.8 Å². The van der Waals surface area contributed by atoms with Crippen LogP contribution in [0.1, 0.15) is 45.6 Å². The first-order valence-electron chi connectivity index (χ1n) is 7.23. The zero-order valence-electron chi connectivity index (χ0n) is 12.8. The van der Waals surface area contributed by atoms with Crippen LogP contribution >= 0.6 is 0 Å². The molecule has 0 amide bonds. The number of sulfonamides is 1. The minimum absolute atomic E-state index is 0.171. The third kappa shape index (κ3) is 4.89. The summed E-state index contributed by atoms with van der Waals surface area (Å²) in [6, 6.07) is 7.27. The van der Waals surface area contributed by atoms with E-state index in [0.29, 0.717) is 17.4 Å². The fourth-order valence-corrected chi connectivity index (χ4v) is 3.06. The lowest BCUT2D eigenvalue weighted by molar-refractivity contribution is 0.497. The van der Waals surface area contributed by atoms with Crippen LogP contribution in [-0.4, -0.2) is 27.5 Å². The van der Waals surface area contributed by atoms with Crippen molar-refractivity contribution in [3.63, 3.8) is 0 Å². The third-order valence-corrected chi connectivity index (χ3v) is 4.80. The Bertz CT molecular complexity index is 495. The van der Waals surface area contributed by atoms with E-state index in [4.69, 9.17) is 0 Å². The molecule has 1 rings (SSSR count). The van der Waals surface area contributed by atoms with E-state index < -0.39 is 10.0 Å². The zero-order chi connectivity index (χ0) is 15.2. The Morgan fingerprint density at radius 2 is 1.70 bits per heavy atom. The number of hydrogen-bond acceptors (Lipinski definition) is 3. The lowest BCUT2D eigenvalue weighted by Gasteiger charge is -2.16. The Balaban J connectivity index is 2.73. The maximum Gasteiger partial charge on any atom is 0.240 e. The zero-order valence-corrected chi connectivity index (χ0v) is 13.6. The third-order valence-electron chi connectivity index (χ3n) is 3.36. The molecule has 0 radical (unpaired) electrons. The fourth-order valence-electron chi connectivity index (χ4n) is 1.98. The highest BCUT2D eigenvalue weighted by molar-refractivity contribution is 7.89. The van der Waals surface area contributed by atoms with Gasteiger partial charge in [-0.15, -0.1) is 0 Å². The van der Waals surface area contributed by atoms with E-state index in [9.17, 15) is 8.42 Å². The van der Waals surface area contributed by atoms with Crippen molar-refractivity contribution in [2.45, 2.75) is 51.0 Å². The van der Waals surface area contributed by atoms with Crippen molar-refractivity contribution < 1.29 is 8.42 Å². The fraction of sp³-hybridized carbons (Fsp3) is 0.600. The first kappa shape index (κ1) is 17.1. The van der Waals surface area contributed by atoms with Gasteiger partial charge in [0.05, 0.1) is 4.90 Å². The molecule has 4 nitrogen and oxygen atoms in total. The Morgan fingerprint density at radius 1 is 1.10 bits per heavy atom. The first-order chi connectivity index (χ1) is 9.40. The summed E-state index contributed by atoms with van der Waals surface area (Å²) in [5, 5.41) is 3.25. The van der Waals surface area contributed by atoms with Gasteiger partial charge >= 0.3 is 0 Å². The summed E-state index contributed by atoms with van der Waals surface area (Å²) >= 11 is 0. The van der Waals surface area contributed by atoms with Crippen molar-refractivity contribution in [3.05, 3.63) is 29.8 Å². The quantitative estimate of drug-likeness (QED) is 0.775.